The molecular weight excluding hydrogens is 258 g/mol. The maximum absolute atomic E-state index is 11.2. The van der Waals surface area contributed by atoms with Gasteiger partial charge < -0.3 is 5.32 Å². The number of carbonyl (C=O) groups excluding carboxylic acids is 1. The minimum absolute atomic E-state index is 0.138. The third-order valence-corrected chi connectivity index (χ3v) is 2.77. The number of aromatic nitrogens is 1. The molecule has 1 heterocycles. The number of hydrogen-bond donors (Lipinski definition) is 1. The second kappa shape index (κ2) is 5.48. The van der Waals surface area contributed by atoms with Crippen molar-refractivity contribution in [1.29, 1.82) is 0 Å². The molecular formula is C14H13N3O3. The molecule has 0 radical (unpaired) electrons. The van der Waals surface area contributed by atoms with Gasteiger partial charge in [0.05, 0.1) is 10.6 Å². The van der Waals surface area contributed by atoms with Crippen molar-refractivity contribution in [3.63, 3.8) is 0 Å². The van der Waals surface area contributed by atoms with Crippen LogP contribution < -0.4 is 5.32 Å². The van der Waals surface area contributed by atoms with Crippen LogP contribution in [0.5, 0.6) is 0 Å². The van der Waals surface area contributed by atoms with Crippen molar-refractivity contribution in [3.05, 3.63) is 52.2 Å². The topological polar surface area (TPSA) is 85.1 Å². The summed E-state index contributed by atoms with van der Waals surface area (Å²) in [5.74, 6) is -0.346. The molecule has 0 saturated carbocycles. The van der Waals surface area contributed by atoms with Gasteiger partial charge in [-0.25, -0.2) is 0 Å². The van der Waals surface area contributed by atoms with E-state index in [1.807, 2.05) is 6.07 Å². The van der Waals surface area contributed by atoms with Crippen molar-refractivity contribution >= 4 is 17.3 Å². The Morgan fingerprint density at radius 3 is 2.65 bits per heavy atom. The Morgan fingerprint density at radius 1 is 1.35 bits per heavy atom. The van der Waals surface area contributed by atoms with E-state index in [4.69, 9.17) is 0 Å². The zero-order chi connectivity index (χ0) is 14.7. The summed E-state index contributed by atoms with van der Waals surface area (Å²) in [6.45, 7) is 3.03. The Morgan fingerprint density at radius 2 is 2.10 bits per heavy atom. The lowest BCUT2D eigenvalue weighted by Gasteiger charge is -2.09. The maximum Gasteiger partial charge on any atom is 0.293 e. The van der Waals surface area contributed by atoms with Crippen molar-refractivity contribution in [1.82, 2.24) is 4.98 Å². The van der Waals surface area contributed by atoms with Gasteiger partial charge in [0.15, 0.2) is 0 Å². The highest BCUT2D eigenvalue weighted by Crippen LogP contribution is 2.33. The molecule has 1 amide bonds. The third kappa shape index (κ3) is 2.80. The van der Waals surface area contributed by atoms with Gasteiger partial charge in [0.25, 0.3) is 5.69 Å². The van der Waals surface area contributed by atoms with Crippen LogP contribution in [0.4, 0.5) is 11.4 Å². The lowest BCUT2D eigenvalue weighted by atomic mass is 10.0. The van der Waals surface area contributed by atoms with Crippen LogP contribution in [0.2, 0.25) is 0 Å². The summed E-state index contributed by atoms with van der Waals surface area (Å²) in [6, 6.07) is 8.54. The Balaban J connectivity index is 2.59. The molecule has 0 aliphatic heterocycles. The van der Waals surface area contributed by atoms with E-state index in [1.165, 1.54) is 13.0 Å². The molecule has 1 N–H and O–H groups in total. The van der Waals surface area contributed by atoms with Crippen molar-refractivity contribution in [2.45, 2.75) is 13.8 Å². The number of rotatable bonds is 3. The molecule has 2 rings (SSSR count). The van der Waals surface area contributed by atoms with Crippen LogP contribution in [0.15, 0.2) is 36.5 Å². The fourth-order valence-corrected chi connectivity index (χ4v) is 1.93. The van der Waals surface area contributed by atoms with Crippen LogP contribution in [0, 0.1) is 17.0 Å². The number of nitrogens with zero attached hydrogens (tertiary/aromatic N) is 2. The van der Waals surface area contributed by atoms with E-state index in [9.17, 15) is 14.9 Å². The standard InChI is InChI=1S/C14H13N3O3/c1-9-7-11(12-5-3-4-6-15-12)8-13(17(19)20)14(9)16-10(2)18/h3-8H,1-2H3,(H,16,18). The van der Waals surface area contributed by atoms with Gasteiger partial charge in [-0.05, 0) is 30.7 Å². The van der Waals surface area contributed by atoms with Crippen LogP contribution in [0.3, 0.4) is 0 Å². The first-order valence-corrected chi connectivity index (χ1v) is 5.97. The van der Waals surface area contributed by atoms with Crippen LogP contribution >= 0.6 is 0 Å². The minimum atomic E-state index is -0.509. The average molecular weight is 271 g/mol. The van der Waals surface area contributed by atoms with E-state index >= 15 is 0 Å². The Bertz CT molecular complexity index is 669. The lowest BCUT2D eigenvalue weighted by Crippen LogP contribution is -2.09. The molecule has 1 aromatic heterocycles. The Labute approximate surface area is 115 Å². The molecule has 0 spiro atoms. The summed E-state index contributed by atoms with van der Waals surface area (Å²) in [4.78, 5) is 26.0. The highest BCUT2D eigenvalue weighted by Gasteiger charge is 2.19. The number of anilines is 1. The lowest BCUT2D eigenvalue weighted by molar-refractivity contribution is -0.383. The molecule has 0 bridgehead atoms. The number of nitrogens with one attached hydrogen (secondary N) is 1. The Kier molecular flexibility index (Phi) is 3.74. The number of nitro benzene ring substituents is 1. The zero-order valence-electron chi connectivity index (χ0n) is 11.1. The predicted molar refractivity (Wildman–Crippen MR) is 75.4 cm³/mol. The van der Waals surface area contributed by atoms with E-state index in [-0.39, 0.29) is 17.3 Å². The van der Waals surface area contributed by atoms with Crippen molar-refractivity contribution < 1.29 is 9.72 Å². The second-order valence-corrected chi connectivity index (χ2v) is 4.34. The first-order valence-electron chi connectivity index (χ1n) is 5.97. The van der Waals surface area contributed by atoms with Gasteiger partial charge >= 0.3 is 0 Å². The molecule has 6 heteroatoms. The van der Waals surface area contributed by atoms with Crippen molar-refractivity contribution in [2.75, 3.05) is 5.32 Å². The zero-order valence-corrected chi connectivity index (χ0v) is 11.1. The van der Waals surface area contributed by atoms with E-state index in [2.05, 4.69) is 10.3 Å². The molecule has 0 aliphatic rings. The summed E-state index contributed by atoms with van der Waals surface area (Å²) in [7, 11) is 0. The summed E-state index contributed by atoms with van der Waals surface area (Å²) < 4.78 is 0. The van der Waals surface area contributed by atoms with E-state index in [0.717, 1.165) is 0 Å². The van der Waals surface area contributed by atoms with Crippen LogP contribution in [-0.4, -0.2) is 15.8 Å². The number of carbonyl (C=O) groups is 1. The number of amides is 1. The van der Waals surface area contributed by atoms with Gasteiger partial charge in [-0.3, -0.25) is 19.9 Å². The SMILES string of the molecule is CC(=O)Nc1c(C)cc(-c2ccccn2)cc1[N+](=O)[O-]. The second-order valence-electron chi connectivity index (χ2n) is 4.34. The van der Waals surface area contributed by atoms with Crippen molar-refractivity contribution in [2.24, 2.45) is 0 Å². The highest BCUT2D eigenvalue weighted by atomic mass is 16.6. The van der Waals surface area contributed by atoms with Crippen LogP contribution in [0.1, 0.15) is 12.5 Å². The first kappa shape index (κ1) is 13.7. The van der Waals surface area contributed by atoms with Crippen molar-refractivity contribution in [3.8, 4) is 11.3 Å². The van der Waals surface area contributed by atoms with Gasteiger partial charge in [-0.1, -0.05) is 6.07 Å². The van der Waals surface area contributed by atoms with Gasteiger partial charge in [0.2, 0.25) is 5.91 Å². The molecule has 102 valence electrons. The Hall–Kier alpha value is -2.76. The molecule has 6 nitrogen and oxygen atoms in total. The predicted octanol–water partition coefficient (Wildman–Crippen LogP) is 2.92. The van der Waals surface area contributed by atoms with E-state index in [1.54, 1.807) is 31.3 Å². The third-order valence-electron chi connectivity index (χ3n) is 2.77. The first-order chi connectivity index (χ1) is 9.49. The number of hydrogen-bond acceptors (Lipinski definition) is 4. The monoisotopic (exact) mass is 271 g/mol. The van der Waals surface area contributed by atoms with E-state index < -0.39 is 4.92 Å². The smallest absolute Gasteiger partial charge is 0.293 e. The fraction of sp³-hybridized carbons (Fsp3) is 0.143. The number of benzene rings is 1. The largest absolute Gasteiger partial charge is 0.320 e. The van der Waals surface area contributed by atoms with Gasteiger partial charge in [-0.15, -0.1) is 0 Å². The number of nitro groups is 1. The molecule has 2 aromatic rings. The average Bonchev–Trinajstić information content (AvgIpc) is 2.41. The maximum atomic E-state index is 11.2. The fourth-order valence-electron chi connectivity index (χ4n) is 1.93. The highest BCUT2D eigenvalue weighted by molar-refractivity contribution is 5.93. The number of pyridine rings is 1. The summed E-state index contributed by atoms with van der Waals surface area (Å²) >= 11 is 0. The normalized spacial score (nSPS) is 10.1. The molecule has 0 saturated heterocycles. The molecule has 0 fully saturated rings. The summed E-state index contributed by atoms with van der Waals surface area (Å²) in [5.41, 5.74) is 2.00. The molecule has 20 heavy (non-hydrogen) atoms. The molecule has 0 unspecified atom stereocenters. The molecule has 0 atom stereocenters. The summed E-state index contributed by atoms with van der Waals surface area (Å²) in [5, 5.41) is 13.7. The minimum Gasteiger partial charge on any atom is -0.320 e. The summed E-state index contributed by atoms with van der Waals surface area (Å²) in [6.07, 6.45) is 1.62. The van der Waals surface area contributed by atoms with Crippen LogP contribution in [-0.2, 0) is 4.79 Å². The van der Waals surface area contributed by atoms with Gasteiger partial charge in [-0.2, -0.15) is 0 Å². The van der Waals surface area contributed by atoms with Gasteiger partial charge in [0, 0.05) is 24.8 Å². The quantitative estimate of drug-likeness (QED) is 0.687. The molecule has 0 aliphatic carbocycles. The van der Waals surface area contributed by atoms with E-state index in [0.29, 0.717) is 16.8 Å². The number of aryl methyl sites for hydroxylation is 1. The van der Waals surface area contributed by atoms with Crippen LogP contribution in [0.25, 0.3) is 11.3 Å². The molecule has 1 aromatic carbocycles. The van der Waals surface area contributed by atoms with Gasteiger partial charge in [0.1, 0.15) is 5.69 Å².